The van der Waals surface area contributed by atoms with Gasteiger partial charge >= 0.3 is 6.18 Å². The highest BCUT2D eigenvalue weighted by atomic mass is 19.4. The lowest BCUT2D eigenvalue weighted by molar-refractivity contribution is -0.137. The summed E-state index contributed by atoms with van der Waals surface area (Å²) in [5.74, 6) is -0.121. The Morgan fingerprint density at radius 1 is 1.00 bits per heavy atom. The minimum absolute atomic E-state index is 0.143. The van der Waals surface area contributed by atoms with Crippen molar-refractivity contribution in [3.63, 3.8) is 0 Å². The van der Waals surface area contributed by atoms with E-state index in [-0.39, 0.29) is 18.0 Å². The highest BCUT2D eigenvalue weighted by molar-refractivity contribution is 5.97. The minimum Gasteiger partial charge on any atom is -0.357 e. The second kappa shape index (κ2) is 12.2. The number of para-hydroxylation sites is 1. The lowest BCUT2D eigenvalue weighted by atomic mass is 10.1. The number of rotatable bonds is 6. The Bertz CT molecular complexity index is 1390. The summed E-state index contributed by atoms with van der Waals surface area (Å²) >= 11 is 0. The van der Waals surface area contributed by atoms with E-state index in [1.165, 1.54) is 6.07 Å². The number of carbonyl (C=O) groups excluding carboxylic acids is 2. The lowest BCUT2D eigenvalue weighted by Gasteiger charge is -2.27. The fraction of sp³-hybridized carbons (Fsp3) is 0.400. The minimum atomic E-state index is -4.55. The van der Waals surface area contributed by atoms with Gasteiger partial charge in [0.25, 0.3) is 11.8 Å². The normalized spacial score (nSPS) is 20.6. The molecule has 2 aromatic carbocycles. The molecule has 5 rings (SSSR count). The molecule has 2 amide bonds. The lowest BCUT2D eigenvalue weighted by Crippen LogP contribution is -2.34. The van der Waals surface area contributed by atoms with Gasteiger partial charge in [0.05, 0.1) is 17.6 Å². The van der Waals surface area contributed by atoms with Crippen LogP contribution in [0.15, 0.2) is 65.7 Å². The second-order valence-corrected chi connectivity index (χ2v) is 10.4. The van der Waals surface area contributed by atoms with Crippen LogP contribution in [0.2, 0.25) is 0 Å². The fourth-order valence-corrected chi connectivity index (χ4v) is 5.50. The Balaban J connectivity index is 1.08. The number of likely N-dealkylation sites (tertiary alicyclic amines) is 1. The first kappa shape index (κ1) is 27.8. The number of hydrogen-bond donors (Lipinski definition) is 1. The van der Waals surface area contributed by atoms with Gasteiger partial charge in [-0.15, -0.1) is 0 Å². The number of nitrogens with zero attached hydrogens (tertiary/aromatic N) is 4. The van der Waals surface area contributed by atoms with E-state index in [0.29, 0.717) is 6.04 Å². The molecule has 1 aromatic heterocycles. The summed E-state index contributed by atoms with van der Waals surface area (Å²) in [7, 11) is 0. The van der Waals surface area contributed by atoms with Gasteiger partial charge in [0.2, 0.25) is 0 Å². The van der Waals surface area contributed by atoms with Crippen LogP contribution in [0.3, 0.4) is 0 Å². The number of carbonyl (C=O) groups is 2. The number of alkyl halides is 3. The quantitative estimate of drug-likeness (QED) is 0.438. The molecule has 1 N–H and O–H groups in total. The molecule has 0 radical (unpaired) electrons. The predicted octanol–water partition coefficient (Wildman–Crippen LogP) is 4.96. The number of aliphatic imine (C=N–C) groups is 1. The molecule has 0 spiro atoms. The second-order valence-electron chi connectivity index (χ2n) is 10.4. The number of halogens is 3. The molecule has 2 fully saturated rings. The topological polar surface area (TPSA) is 77.9 Å². The molecule has 3 heterocycles. The van der Waals surface area contributed by atoms with Crippen molar-refractivity contribution in [2.24, 2.45) is 10.9 Å². The van der Waals surface area contributed by atoms with Crippen molar-refractivity contribution in [3.8, 4) is 0 Å². The van der Waals surface area contributed by atoms with E-state index in [1.807, 2.05) is 18.2 Å². The standard InChI is InChI=1S/C30H32F3N5O2/c31-30(32,33)24-7-3-6-23(17-24)29(40)35-19-28(39)34-18-21-12-15-38(20-21)25-8-4-14-37(16-13-25)27-11-10-22-5-1-2-9-26(22)36-27/h1-3,5-7,9-11,17-18,21,25H,4,8,12-16,19-20H2,(H,35,40). The average Bonchev–Trinajstić information content (AvgIpc) is 3.30. The zero-order valence-electron chi connectivity index (χ0n) is 22.1. The molecule has 210 valence electrons. The highest BCUT2D eigenvalue weighted by Gasteiger charge is 2.31. The van der Waals surface area contributed by atoms with Gasteiger partial charge in [-0.1, -0.05) is 24.3 Å². The first-order chi connectivity index (χ1) is 19.3. The molecule has 0 saturated carbocycles. The third-order valence-electron chi connectivity index (χ3n) is 7.66. The molecule has 3 aromatic rings. The summed E-state index contributed by atoms with van der Waals surface area (Å²) in [6.45, 7) is 3.31. The van der Waals surface area contributed by atoms with Gasteiger partial charge in [-0.3, -0.25) is 14.5 Å². The third-order valence-corrected chi connectivity index (χ3v) is 7.66. The Kier molecular flexibility index (Phi) is 8.44. The fourth-order valence-electron chi connectivity index (χ4n) is 5.50. The molecular weight excluding hydrogens is 519 g/mol. The van der Waals surface area contributed by atoms with Gasteiger partial charge in [-0.05, 0) is 68.6 Å². The maximum absolute atomic E-state index is 12.9. The van der Waals surface area contributed by atoms with Crippen molar-refractivity contribution in [3.05, 3.63) is 71.8 Å². The van der Waals surface area contributed by atoms with E-state index in [4.69, 9.17) is 4.98 Å². The molecule has 10 heteroatoms. The van der Waals surface area contributed by atoms with E-state index >= 15 is 0 Å². The molecule has 0 aliphatic carbocycles. The number of benzene rings is 2. The largest absolute Gasteiger partial charge is 0.416 e. The van der Waals surface area contributed by atoms with Crippen molar-refractivity contribution in [1.29, 1.82) is 0 Å². The zero-order valence-corrected chi connectivity index (χ0v) is 22.1. The number of fused-ring (bicyclic) bond motifs is 1. The maximum Gasteiger partial charge on any atom is 0.416 e. The van der Waals surface area contributed by atoms with Crippen LogP contribution in [0.25, 0.3) is 10.9 Å². The summed E-state index contributed by atoms with van der Waals surface area (Å²) in [6.07, 6.45) is 1.24. The first-order valence-electron chi connectivity index (χ1n) is 13.6. The average molecular weight is 552 g/mol. The Morgan fingerprint density at radius 2 is 1.85 bits per heavy atom. The van der Waals surface area contributed by atoms with E-state index in [9.17, 15) is 22.8 Å². The van der Waals surface area contributed by atoms with Gasteiger partial charge in [-0.25, -0.2) is 9.98 Å². The Labute approximate surface area is 231 Å². The number of amides is 2. The van der Waals surface area contributed by atoms with Crippen LogP contribution in [0.4, 0.5) is 19.0 Å². The number of nitrogens with one attached hydrogen (secondary N) is 1. The van der Waals surface area contributed by atoms with Crippen LogP contribution in [-0.4, -0.2) is 66.7 Å². The van der Waals surface area contributed by atoms with Crippen molar-refractivity contribution >= 4 is 34.7 Å². The van der Waals surface area contributed by atoms with Crippen LogP contribution < -0.4 is 10.2 Å². The molecule has 7 nitrogen and oxygen atoms in total. The number of pyridine rings is 1. The van der Waals surface area contributed by atoms with E-state index < -0.39 is 23.6 Å². The number of aromatic nitrogens is 1. The van der Waals surface area contributed by atoms with Crippen LogP contribution >= 0.6 is 0 Å². The summed E-state index contributed by atoms with van der Waals surface area (Å²) < 4.78 is 38.6. The van der Waals surface area contributed by atoms with Crippen LogP contribution in [0.1, 0.15) is 41.6 Å². The number of hydrogen-bond acceptors (Lipinski definition) is 5. The molecule has 0 bridgehead atoms. The first-order valence-corrected chi connectivity index (χ1v) is 13.6. The summed E-state index contributed by atoms with van der Waals surface area (Å²) in [5, 5.41) is 3.50. The number of anilines is 1. The van der Waals surface area contributed by atoms with Crippen molar-refractivity contribution < 1.29 is 22.8 Å². The SMILES string of the molecule is O=C(CNC(=O)c1cccc(C(F)(F)F)c1)N=CC1CCN(C2CCCN(c3ccc4ccccc4n3)CC2)C1. The molecule has 2 aliphatic rings. The van der Waals surface area contributed by atoms with Gasteiger partial charge in [0.15, 0.2) is 0 Å². The van der Waals surface area contributed by atoms with Crippen molar-refractivity contribution in [1.82, 2.24) is 15.2 Å². The maximum atomic E-state index is 12.9. The van der Waals surface area contributed by atoms with Crippen molar-refractivity contribution in [2.45, 2.75) is 37.9 Å². The van der Waals surface area contributed by atoms with Crippen LogP contribution in [0.5, 0.6) is 0 Å². The summed E-state index contributed by atoms with van der Waals surface area (Å²) in [6, 6.07) is 16.9. The Morgan fingerprint density at radius 3 is 2.70 bits per heavy atom. The van der Waals surface area contributed by atoms with E-state index in [2.05, 4.69) is 38.3 Å². The smallest absolute Gasteiger partial charge is 0.357 e. The van der Waals surface area contributed by atoms with Gasteiger partial charge < -0.3 is 10.2 Å². The van der Waals surface area contributed by atoms with Gasteiger partial charge in [-0.2, -0.15) is 13.2 Å². The molecular formula is C30H32F3N5O2. The van der Waals surface area contributed by atoms with Gasteiger partial charge in [0, 0.05) is 48.8 Å². The molecule has 2 aliphatic heterocycles. The third kappa shape index (κ3) is 6.85. The van der Waals surface area contributed by atoms with E-state index in [0.717, 1.165) is 86.8 Å². The van der Waals surface area contributed by atoms with E-state index in [1.54, 1.807) is 6.21 Å². The molecule has 2 unspecified atom stereocenters. The highest BCUT2D eigenvalue weighted by Crippen LogP contribution is 2.30. The van der Waals surface area contributed by atoms with Crippen LogP contribution in [0, 0.1) is 5.92 Å². The molecule has 2 saturated heterocycles. The summed E-state index contributed by atoms with van der Waals surface area (Å²) in [5.41, 5.74) is -0.0642. The molecule has 40 heavy (non-hydrogen) atoms. The monoisotopic (exact) mass is 551 g/mol. The van der Waals surface area contributed by atoms with Crippen LogP contribution in [-0.2, 0) is 11.0 Å². The predicted molar refractivity (Wildman–Crippen MR) is 149 cm³/mol. The zero-order chi connectivity index (χ0) is 28.1. The molecule has 2 atom stereocenters. The van der Waals surface area contributed by atoms with Gasteiger partial charge in [0.1, 0.15) is 5.82 Å². The summed E-state index contributed by atoms with van der Waals surface area (Å²) in [4.78, 5) is 38.1. The van der Waals surface area contributed by atoms with Crippen molar-refractivity contribution in [2.75, 3.05) is 37.6 Å². The Hall–Kier alpha value is -3.79.